The number of nitrogen functional groups attached to an aromatic ring is 1. The number of anilines is 1. The number of aliphatic hydroxyl groups excluding tert-OH is 1. The summed E-state index contributed by atoms with van der Waals surface area (Å²) < 4.78 is 5.11. The number of benzene rings is 1. The highest BCUT2D eigenvalue weighted by Gasteiger charge is 2.02. The molecule has 1 rings (SSSR count). The second-order valence-electron chi connectivity index (χ2n) is 4.21. The molecule has 4 heteroatoms. The van der Waals surface area contributed by atoms with E-state index < -0.39 is 0 Å². The SMILES string of the molecule is COc1ccc(CCCN(C)CCO)cc1N. The maximum Gasteiger partial charge on any atom is 0.141 e. The summed E-state index contributed by atoms with van der Waals surface area (Å²) in [7, 11) is 3.63. The number of aliphatic hydroxyl groups is 1. The maximum atomic E-state index is 8.78. The van der Waals surface area contributed by atoms with E-state index in [0.29, 0.717) is 5.69 Å². The number of nitrogens with zero attached hydrogens (tertiary/aromatic N) is 1. The number of rotatable bonds is 7. The Hall–Kier alpha value is -1.26. The molecular formula is C13H22N2O2. The van der Waals surface area contributed by atoms with Crippen LogP contribution in [0.5, 0.6) is 5.75 Å². The van der Waals surface area contributed by atoms with Crippen LogP contribution in [0.15, 0.2) is 18.2 Å². The van der Waals surface area contributed by atoms with Crippen LogP contribution < -0.4 is 10.5 Å². The average Bonchev–Trinajstić information content (AvgIpc) is 2.29. The topological polar surface area (TPSA) is 58.7 Å². The number of ether oxygens (including phenoxy) is 1. The van der Waals surface area contributed by atoms with E-state index >= 15 is 0 Å². The van der Waals surface area contributed by atoms with Gasteiger partial charge in [0.1, 0.15) is 5.75 Å². The van der Waals surface area contributed by atoms with Gasteiger partial charge in [0, 0.05) is 6.54 Å². The van der Waals surface area contributed by atoms with E-state index in [1.54, 1.807) is 7.11 Å². The van der Waals surface area contributed by atoms with E-state index in [1.807, 2.05) is 25.2 Å². The van der Waals surface area contributed by atoms with Gasteiger partial charge in [-0.25, -0.2) is 0 Å². The normalized spacial score (nSPS) is 10.8. The first-order valence-electron chi connectivity index (χ1n) is 5.89. The molecule has 0 fully saturated rings. The number of likely N-dealkylation sites (N-methyl/N-ethyl adjacent to an activating group) is 1. The fraction of sp³-hybridized carbons (Fsp3) is 0.538. The Kier molecular flexibility index (Phi) is 5.80. The number of aryl methyl sites for hydroxylation is 1. The lowest BCUT2D eigenvalue weighted by Crippen LogP contribution is -2.23. The Balaban J connectivity index is 2.39. The van der Waals surface area contributed by atoms with Gasteiger partial charge in [-0.05, 0) is 44.1 Å². The molecule has 0 saturated carbocycles. The summed E-state index contributed by atoms with van der Waals surface area (Å²) in [5.74, 6) is 0.728. The van der Waals surface area contributed by atoms with Crippen LogP contribution in [0, 0.1) is 0 Å². The fourth-order valence-corrected chi connectivity index (χ4v) is 1.77. The van der Waals surface area contributed by atoms with Crippen LogP contribution in [0.1, 0.15) is 12.0 Å². The van der Waals surface area contributed by atoms with Gasteiger partial charge in [-0.2, -0.15) is 0 Å². The molecule has 0 amide bonds. The van der Waals surface area contributed by atoms with E-state index in [1.165, 1.54) is 5.56 Å². The van der Waals surface area contributed by atoms with Crippen molar-refractivity contribution in [2.24, 2.45) is 0 Å². The summed E-state index contributed by atoms with van der Waals surface area (Å²) in [5, 5.41) is 8.78. The number of hydrogen-bond acceptors (Lipinski definition) is 4. The standard InChI is InChI=1S/C13H22N2O2/c1-15(8-9-16)7-3-4-11-5-6-13(17-2)12(14)10-11/h5-6,10,16H,3-4,7-9,14H2,1-2H3. The summed E-state index contributed by atoms with van der Waals surface area (Å²) in [5.41, 5.74) is 7.75. The predicted molar refractivity (Wildman–Crippen MR) is 70.3 cm³/mol. The van der Waals surface area contributed by atoms with Crippen molar-refractivity contribution in [3.05, 3.63) is 23.8 Å². The molecule has 0 spiro atoms. The molecule has 0 unspecified atom stereocenters. The fourth-order valence-electron chi connectivity index (χ4n) is 1.77. The van der Waals surface area contributed by atoms with Crippen molar-refractivity contribution in [3.8, 4) is 5.75 Å². The minimum absolute atomic E-state index is 0.214. The molecule has 0 atom stereocenters. The lowest BCUT2D eigenvalue weighted by molar-refractivity contribution is 0.220. The quantitative estimate of drug-likeness (QED) is 0.699. The van der Waals surface area contributed by atoms with Crippen molar-refractivity contribution in [1.29, 1.82) is 0 Å². The van der Waals surface area contributed by atoms with Gasteiger partial charge >= 0.3 is 0 Å². The molecule has 0 heterocycles. The highest BCUT2D eigenvalue weighted by Crippen LogP contribution is 2.22. The second-order valence-corrected chi connectivity index (χ2v) is 4.21. The summed E-state index contributed by atoms with van der Waals surface area (Å²) >= 11 is 0. The molecule has 0 aliphatic carbocycles. The molecule has 1 aromatic carbocycles. The lowest BCUT2D eigenvalue weighted by Gasteiger charge is -2.14. The van der Waals surface area contributed by atoms with Gasteiger partial charge in [-0.15, -0.1) is 0 Å². The van der Waals surface area contributed by atoms with Gasteiger partial charge in [0.2, 0.25) is 0 Å². The number of methoxy groups -OCH3 is 1. The molecule has 0 bridgehead atoms. The lowest BCUT2D eigenvalue weighted by atomic mass is 10.1. The Morgan fingerprint density at radius 1 is 1.35 bits per heavy atom. The first kappa shape index (κ1) is 13.8. The molecule has 96 valence electrons. The summed E-state index contributed by atoms with van der Waals surface area (Å²) in [6, 6.07) is 5.91. The van der Waals surface area contributed by atoms with Gasteiger partial charge in [-0.1, -0.05) is 6.07 Å². The Bertz CT molecular complexity index is 342. The van der Waals surface area contributed by atoms with Crippen LogP contribution in [0.3, 0.4) is 0 Å². The monoisotopic (exact) mass is 238 g/mol. The zero-order valence-electron chi connectivity index (χ0n) is 10.6. The van der Waals surface area contributed by atoms with Crippen molar-refractivity contribution in [2.75, 3.05) is 39.6 Å². The molecule has 0 aliphatic heterocycles. The van der Waals surface area contributed by atoms with E-state index in [4.69, 9.17) is 15.6 Å². The molecule has 4 nitrogen and oxygen atoms in total. The summed E-state index contributed by atoms with van der Waals surface area (Å²) in [4.78, 5) is 2.12. The maximum absolute atomic E-state index is 8.78. The largest absolute Gasteiger partial charge is 0.495 e. The van der Waals surface area contributed by atoms with E-state index in [0.717, 1.165) is 31.7 Å². The van der Waals surface area contributed by atoms with Crippen LogP contribution >= 0.6 is 0 Å². The van der Waals surface area contributed by atoms with E-state index in [2.05, 4.69) is 4.90 Å². The van der Waals surface area contributed by atoms with Gasteiger partial charge in [0.05, 0.1) is 19.4 Å². The van der Waals surface area contributed by atoms with Crippen molar-refractivity contribution in [1.82, 2.24) is 4.90 Å². The van der Waals surface area contributed by atoms with Crippen LogP contribution in [-0.2, 0) is 6.42 Å². The van der Waals surface area contributed by atoms with Gasteiger partial charge < -0.3 is 20.5 Å². The zero-order chi connectivity index (χ0) is 12.7. The minimum Gasteiger partial charge on any atom is -0.495 e. The van der Waals surface area contributed by atoms with Crippen molar-refractivity contribution in [3.63, 3.8) is 0 Å². The van der Waals surface area contributed by atoms with E-state index in [9.17, 15) is 0 Å². The van der Waals surface area contributed by atoms with Crippen molar-refractivity contribution < 1.29 is 9.84 Å². The zero-order valence-corrected chi connectivity index (χ0v) is 10.6. The molecule has 0 aliphatic rings. The third-order valence-corrected chi connectivity index (χ3v) is 2.78. The smallest absolute Gasteiger partial charge is 0.141 e. The van der Waals surface area contributed by atoms with Crippen LogP contribution in [-0.4, -0.2) is 43.9 Å². The predicted octanol–water partition coefficient (Wildman–Crippen LogP) is 1.13. The van der Waals surface area contributed by atoms with E-state index in [-0.39, 0.29) is 6.61 Å². The summed E-state index contributed by atoms with van der Waals surface area (Å²) in [6.07, 6.45) is 2.05. The molecule has 0 saturated heterocycles. The van der Waals surface area contributed by atoms with Crippen LogP contribution in [0.2, 0.25) is 0 Å². The van der Waals surface area contributed by atoms with Gasteiger partial charge in [0.15, 0.2) is 0 Å². The third kappa shape index (κ3) is 4.63. The highest BCUT2D eigenvalue weighted by molar-refractivity contribution is 5.54. The van der Waals surface area contributed by atoms with Gasteiger partial charge in [0.25, 0.3) is 0 Å². The highest BCUT2D eigenvalue weighted by atomic mass is 16.5. The Morgan fingerprint density at radius 3 is 2.71 bits per heavy atom. The van der Waals surface area contributed by atoms with Crippen LogP contribution in [0.4, 0.5) is 5.69 Å². The first-order chi connectivity index (χ1) is 8.17. The van der Waals surface area contributed by atoms with Crippen molar-refractivity contribution in [2.45, 2.75) is 12.8 Å². The van der Waals surface area contributed by atoms with Gasteiger partial charge in [-0.3, -0.25) is 0 Å². The number of hydrogen-bond donors (Lipinski definition) is 2. The molecule has 0 aromatic heterocycles. The molecule has 0 radical (unpaired) electrons. The van der Waals surface area contributed by atoms with Crippen molar-refractivity contribution >= 4 is 5.69 Å². The number of nitrogens with two attached hydrogens (primary N) is 1. The molecular weight excluding hydrogens is 216 g/mol. The summed E-state index contributed by atoms with van der Waals surface area (Å²) in [6.45, 7) is 1.92. The molecule has 1 aromatic rings. The Morgan fingerprint density at radius 2 is 2.12 bits per heavy atom. The molecule has 17 heavy (non-hydrogen) atoms. The third-order valence-electron chi connectivity index (χ3n) is 2.78. The average molecular weight is 238 g/mol. The van der Waals surface area contributed by atoms with Crippen LogP contribution in [0.25, 0.3) is 0 Å². The molecule has 3 N–H and O–H groups in total. The second kappa shape index (κ2) is 7.14. The first-order valence-corrected chi connectivity index (χ1v) is 5.89. The minimum atomic E-state index is 0.214. The Labute approximate surface area is 103 Å².